The summed E-state index contributed by atoms with van der Waals surface area (Å²) in [6.45, 7) is 0.353. The van der Waals surface area contributed by atoms with Crippen LogP contribution < -0.4 is 14.8 Å². The Morgan fingerprint density at radius 1 is 0.974 bits per heavy atom. The number of nitrogens with zero attached hydrogens (tertiary/aromatic N) is 1. The van der Waals surface area contributed by atoms with Crippen LogP contribution in [0, 0.1) is 5.92 Å². The summed E-state index contributed by atoms with van der Waals surface area (Å²) in [5, 5.41) is 4.93. The van der Waals surface area contributed by atoms with Crippen molar-refractivity contribution in [1.29, 1.82) is 0 Å². The molecule has 4 aromatic rings. The lowest BCUT2D eigenvalue weighted by Crippen LogP contribution is -2.28. The van der Waals surface area contributed by atoms with E-state index in [2.05, 4.69) is 71.0 Å². The number of rotatable bonds is 7. The minimum absolute atomic E-state index is 0.265. The lowest BCUT2D eigenvalue weighted by Gasteiger charge is -2.37. The van der Waals surface area contributed by atoms with Crippen molar-refractivity contribution in [1.82, 2.24) is 0 Å². The highest BCUT2D eigenvalue weighted by atomic mass is 35.5. The van der Waals surface area contributed by atoms with E-state index in [0.29, 0.717) is 40.0 Å². The van der Waals surface area contributed by atoms with Gasteiger partial charge in [-0.1, -0.05) is 77.8 Å². The van der Waals surface area contributed by atoms with Crippen molar-refractivity contribution in [2.75, 3.05) is 12.4 Å². The minimum Gasteiger partial charge on any atom is -0.493 e. The molecule has 4 nitrogen and oxygen atoms in total. The number of halogens is 2. The molecule has 4 aromatic carbocycles. The van der Waals surface area contributed by atoms with E-state index >= 15 is 0 Å². The Morgan fingerprint density at radius 2 is 1.77 bits per heavy atom. The molecule has 1 aliphatic heterocycles. The Balaban J connectivity index is 1.16. The van der Waals surface area contributed by atoms with Crippen LogP contribution in [0.4, 0.5) is 11.4 Å². The Labute approximate surface area is 238 Å². The fourth-order valence-corrected chi connectivity index (χ4v) is 5.88. The highest BCUT2D eigenvalue weighted by Gasteiger charge is 2.37. The largest absolute Gasteiger partial charge is 0.493 e. The van der Waals surface area contributed by atoms with Gasteiger partial charge in [-0.15, -0.1) is 0 Å². The number of fused-ring (bicyclic) bond motifs is 3. The van der Waals surface area contributed by atoms with Crippen LogP contribution in [0.15, 0.2) is 102 Å². The highest BCUT2D eigenvalue weighted by molar-refractivity contribution is 6.32. The van der Waals surface area contributed by atoms with Crippen LogP contribution in [-0.4, -0.2) is 13.3 Å². The average molecular weight is 556 g/mol. The number of benzene rings is 4. The first-order valence-corrected chi connectivity index (χ1v) is 13.8. The van der Waals surface area contributed by atoms with Gasteiger partial charge in [0.2, 0.25) is 0 Å². The molecule has 0 amide bonds. The topological polar surface area (TPSA) is 42.8 Å². The number of para-hydroxylation sites is 1. The Hall–Kier alpha value is -3.73. The van der Waals surface area contributed by atoms with Crippen LogP contribution >= 0.6 is 23.2 Å². The first kappa shape index (κ1) is 25.5. The summed E-state index contributed by atoms with van der Waals surface area (Å²) in [7, 11) is 1.60. The molecule has 1 N–H and O–H groups in total. The molecule has 0 bridgehead atoms. The van der Waals surface area contributed by atoms with Gasteiger partial charge in [-0.25, -0.2) is 0 Å². The van der Waals surface area contributed by atoms with Crippen molar-refractivity contribution >= 4 is 40.8 Å². The van der Waals surface area contributed by atoms with Gasteiger partial charge in [-0.05, 0) is 77.1 Å². The van der Waals surface area contributed by atoms with Gasteiger partial charge >= 0.3 is 0 Å². The van der Waals surface area contributed by atoms with E-state index in [-0.39, 0.29) is 6.04 Å². The van der Waals surface area contributed by atoms with Gasteiger partial charge in [0.05, 0.1) is 23.9 Å². The third-order valence-corrected chi connectivity index (χ3v) is 7.97. The number of nitrogens with one attached hydrogen (secondary N) is 1. The molecular formula is C33H28Cl2N2O2. The number of anilines is 1. The van der Waals surface area contributed by atoms with Crippen molar-refractivity contribution in [3.63, 3.8) is 0 Å². The van der Waals surface area contributed by atoms with Gasteiger partial charge in [0.15, 0.2) is 11.5 Å². The van der Waals surface area contributed by atoms with Gasteiger partial charge in [-0.3, -0.25) is 4.99 Å². The second-order valence-electron chi connectivity index (χ2n) is 9.86. The molecule has 3 atom stereocenters. The summed E-state index contributed by atoms with van der Waals surface area (Å²) in [5.74, 6) is 2.03. The Kier molecular flexibility index (Phi) is 7.32. The molecule has 2 aliphatic rings. The SMILES string of the molecule is COc1cc(C=Nc2ccc([C@@H]3Nc4ccccc4[C@@H]4C=CC[C@H]43)cc2)cc(Cl)c1OCc1ccc(Cl)cc1. The molecule has 1 heterocycles. The first-order valence-electron chi connectivity index (χ1n) is 13.0. The van der Waals surface area contributed by atoms with E-state index in [1.54, 1.807) is 13.3 Å². The van der Waals surface area contributed by atoms with Crippen molar-refractivity contribution in [3.8, 4) is 11.5 Å². The zero-order valence-electron chi connectivity index (χ0n) is 21.5. The van der Waals surface area contributed by atoms with E-state index in [1.165, 1.54) is 16.8 Å². The lowest BCUT2D eigenvalue weighted by molar-refractivity contribution is 0.284. The van der Waals surface area contributed by atoms with E-state index < -0.39 is 0 Å². The maximum atomic E-state index is 6.57. The number of methoxy groups -OCH3 is 1. The van der Waals surface area contributed by atoms with Crippen LogP contribution in [-0.2, 0) is 6.61 Å². The third-order valence-electron chi connectivity index (χ3n) is 7.44. The van der Waals surface area contributed by atoms with E-state index in [4.69, 9.17) is 32.7 Å². The Morgan fingerprint density at radius 3 is 2.56 bits per heavy atom. The van der Waals surface area contributed by atoms with Crippen molar-refractivity contribution in [2.45, 2.75) is 25.0 Å². The van der Waals surface area contributed by atoms with Gasteiger partial charge in [0.25, 0.3) is 0 Å². The standard InChI is InChI=1S/C33H28Cl2N2O2/c1-38-31-18-22(17-29(35)33(31)39-20-21-9-13-24(34)14-10-21)19-36-25-15-11-23(12-16-25)32-28-7-4-6-26(28)27-5-2-3-8-30(27)37-32/h2-6,8-19,26,28,32,37H,7,20H2,1H3/t26-,28+,32-/m0/s1. The molecule has 0 spiro atoms. The molecule has 6 rings (SSSR count). The second kappa shape index (κ2) is 11.2. The predicted octanol–water partition coefficient (Wildman–Crippen LogP) is 9.16. The van der Waals surface area contributed by atoms with E-state index in [0.717, 1.165) is 23.2 Å². The van der Waals surface area contributed by atoms with Gasteiger partial charge in [-0.2, -0.15) is 0 Å². The van der Waals surface area contributed by atoms with Gasteiger partial charge in [0, 0.05) is 22.8 Å². The number of hydrogen-bond acceptors (Lipinski definition) is 4. The molecule has 0 unspecified atom stereocenters. The van der Waals surface area contributed by atoms with E-state index in [9.17, 15) is 0 Å². The second-order valence-corrected chi connectivity index (χ2v) is 10.7. The summed E-state index contributed by atoms with van der Waals surface area (Å²) < 4.78 is 11.5. The zero-order chi connectivity index (χ0) is 26.8. The maximum absolute atomic E-state index is 6.57. The smallest absolute Gasteiger partial charge is 0.180 e. The molecule has 196 valence electrons. The summed E-state index contributed by atoms with van der Waals surface area (Å²) in [4.78, 5) is 4.69. The molecular weight excluding hydrogens is 527 g/mol. The maximum Gasteiger partial charge on any atom is 0.180 e. The van der Waals surface area contributed by atoms with Gasteiger partial charge < -0.3 is 14.8 Å². The number of ether oxygens (including phenoxy) is 2. The molecule has 1 aliphatic carbocycles. The first-order chi connectivity index (χ1) is 19.1. The molecule has 0 radical (unpaired) electrons. The monoisotopic (exact) mass is 554 g/mol. The molecule has 0 saturated heterocycles. The Bertz CT molecular complexity index is 1530. The number of hydrogen-bond donors (Lipinski definition) is 1. The van der Waals surface area contributed by atoms with E-state index in [1.807, 2.05) is 36.4 Å². The zero-order valence-corrected chi connectivity index (χ0v) is 23.0. The molecule has 0 saturated carbocycles. The fourth-order valence-electron chi connectivity index (χ4n) is 5.48. The minimum atomic E-state index is 0.265. The van der Waals surface area contributed by atoms with Crippen LogP contribution in [0.25, 0.3) is 0 Å². The van der Waals surface area contributed by atoms with Crippen LogP contribution in [0.3, 0.4) is 0 Å². The predicted molar refractivity (Wildman–Crippen MR) is 160 cm³/mol. The van der Waals surface area contributed by atoms with Gasteiger partial charge in [0.1, 0.15) is 6.61 Å². The lowest BCUT2D eigenvalue weighted by atomic mass is 9.77. The molecule has 0 aromatic heterocycles. The van der Waals surface area contributed by atoms with Crippen molar-refractivity contribution in [2.24, 2.45) is 10.9 Å². The highest BCUT2D eigenvalue weighted by Crippen LogP contribution is 2.49. The average Bonchev–Trinajstić information content (AvgIpc) is 3.46. The quantitative estimate of drug-likeness (QED) is 0.183. The summed E-state index contributed by atoms with van der Waals surface area (Å²) in [6.07, 6.45) is 7.55. The molecule has 0 fully saturated rings. The third kappa shape index (κ3) is 5.40. The molecule has 6 heteroatoms. The number of allylic oxidation sites excluding steroid dienone is 2. The normalized spacial score (nSPS) is 19.4. The fraction of sp³-hybridized carbons (Fsp3) is 0.182. The summed E-state index contributed by atoms with van der Waals surface area (Å²) in [6, 6.07) is 28.6. The summed E-state index contributed by atoms with van der Waals surface area (Å²) >= 11 is 12.5. The van der Waals surface area contributed by atoms with Crippen LogP contribution in [0.1, 0.15) is 40.6 Å². The number of aliphatic imine (C=N–C) groups is 1. The van der Waals surface area contributed by atoms with Crippen LogP contribution in [0.2, 0.25) is 10.0 Å². The van der Waals surface area contributed by atoms with Crippen LogP contribution in [0.5, 0.6) is 11.5 Å². The van der Waals surface area contributed by atoms with Crippen molar-refractivity contribution in [3.05, 3.63) is 129 Å². The van der Waals surface area contributed by atoms with Crippen molar-refractivity contribution < 1.29 is 9.47 Å². The summed E-state index contributed by atoms with van der Waals surface area (Å²) in [5.41, 5.74) is 6.57. The molecule has 39 heavy (non-hydrogen) atoms.